The lowest BCUT2D eigenvalue weighted by Gasteiger charge is -2.23. The van der Waals surface area contributed by atoms with Crippen molar-refractivity contribution in [3.8, 4) is 0 Å². The molecule has 1 heterocycles. The van der Waals surface area contributed by atoms with Crippen LogP contribution in [0.25, 0.3) is 0 Å². The first kappa shape index (κ1) is 12.9. The first-order valence-electron chi connectivity index (χ1n) is 6.39. The third-order valence-corrected chi connectivity index (χ3v) is 4.27. The summed E-state index contributed by atoms with van der Waals surface area (Å²) < 4.78 is 1.92. The Morgan fingerprint density at radius 1 is 1.59 bits per heavy atom. The monoisotopic (exact) mass is 256 g/mol. The molecular weight excluding hydrogens is 236 g/mol. The topological polar surface area (TPSA) is 38.0 Å². The maximum absolute atomic E-state index is 10.6. The van der Waals surface area contributed by atoms with Gasteiger partial charge in [0, 0.05) is 13.0 Å². The number of aliphatic hydroxyl groups is 1. The smallest absolute Gasteiger partial charge is 0.0848 e. The summed E-state index contributed by atoms with van der Waals surface area (Å²) >= 11 is 6.28. The summed E-state index contributed by atoms with van der Waals surface area (Å²) in [6.07, 6.45) is 3.48. The van der Waals surface area contributed by atoms with Crippen LogP contribution in [0.3, 0.4) is 0 Å². The summed E-state index contributed by atoms with van der Waals surface area (Å²) in [6.45, 7) is 6.96. The van der Waals surface area contributed by atoms with E-state index in [0.29, 0.717) is 12.3 Å². The Kier molecular flexibility index (Phi) is 3.50. The Bertz CT molecular complexity index is 416. The maximum Gasteiger partial charge on any atom is 0.0848 e. The Morgan fingerprint density at radius 2 is 2.29 bits per heavy atom. The molecule has 0 spiro atoms. The minimum atomic E-state index is -0.581. The molecule has 1 aliphatic carbocycles. The van der Waals surface area contributed by atoms with Gasteiger partial charge in [0.1, 0.15) is 0 Å². The van der Waals surface area contributed by atoms with Crippen molar-refractivity contribution in [2.24, 2.45) is 5.92 Å². The van der Waals surface area contributed by atoms with Crippen LogP contribution in [0.1, 0.15) is 44.5 Å². The van der Waals surface area contributed by atoms with Crippen LogP contribution < -0.4 is 0 Å². The number of nitrogens with zero attached hydrogens (tertiary/aromatic N) is 2. The first-order valence-corrected chi connectivity index (χ1v) is 6.77. The van der Waals surface area contributed by atoms with Gasteiger partial charge < -0.3 is 5.11 Å². The lowest BCUT2D eigenvalue weighted by atomic mass is 9.94. The quantitative estimate of drug-likeness (QED) is 0.903. The summed E-state index contributed by atoms with van der Waals surface area (Å²) in [6, 6.07) is 0. The normalized spacial score (nSPS) is 28.9. The Hall–Kier alpha value is -0.540. The van der Waals surface area contributed by atoms with E-state index in [4.69, 9.17) is 11.6 Å². The molecule has 4 heteroatoms. The summed E-state index contributed by atoms with van der Waals surface area (Å²) in [5.41, 5.74) is 1.27. The van der Waals surface area contributed by atoms with Crippen molar-refractivity contribution < 1.29 is 5.11 Å². The van der Waals surface area contributed by atoms with Crippen LogP contribution in [0.4, 0.5) is 0 Å². The SMILES string of the molecule is CCn1nc(C)c(Cl)c1CC1(O)CCC(C)C1. The standard InChI is InChI=1S/C13H21ClN2O/c1-4-16-11(12(14)10(3)15-16)8-13(17)6-5-9(2)7-13/h9,17H,4-8H2,1-3H3. The molecule has 96 valence electrons. The minimum absolute atomic E-state index is 0.581. The van der Waals surface area contributed by atoms with Crippen molar-refractivity contribution in [1.82, 2.24) is 9.78 Å². The largest absolute Gasteiger partial charge is 0.389 e. The van der Waals surface area contributed by atoms with E-state index >= 15 is 0 Å². The van der Waals surface area contributed by atoms with E-state index in [1.54, 1.807) is 0 Å². The van der Waals surface area contributed by atoms with Gasteiger partial charge in [-0.05, 0) is 39.0 Å². The number of aromatic nitrogens is 2. The van der Waals surface area contributed by atoms with E-state index in [0.717, 1.165) is 42.2 Å². The van der Waals surface area contributed by atoms with Gasteiger partial charge in [0.05, 0.1) is 22.0 Å². The third-order valence-electron chi connectivity index (χ3n) is 3.78. The molecule has 2 atom stereocenters. The maximum atomic E-state index is 10.6. The number of halogens is 1. The van der Waals surface area contributed by atoms with Gasteiger partial charge in [-0.2, -0.15) is 5.10 Å². The number of hydrogen-bond donors (Lipinski definition) is 1. The molecule has 0 amide bonds. The van der Waals surface area contributed by atoms with Crippen LogP contribution in [-0.4, -0.2) is 20.5 Å². The molecule has 3 nitrogen and oxygen atoms in total. The van der Waals surface area contributed by atoms with Crippen molar-refractivity contribution in [1.29, 1.82) is 0 Å². The predicted molar refractivity (Wildman–Crippen MR) is 69.3 cm³/mol. The van der Waals surface area contributed by atoms with Gasteiger partial charge in [0.2, 0.25) is 0 Å². The lowest BCUT2D eigenvalue weighted by molar-refractivity contribution is 0.0426. The molecule has 0 aliphatic heterocycles. The van der Waals surface area contributed by atoms with Crippen molar-refractivity contribution >= 4 is 11.6 Å². The molecule has 1 saturated carbocycles. The molecule has 1 aromatic rings. The van der Waals surface area contributed by atoms with Gasteiger partial charge in [-0.3, -0.25) is 4.68 Å². The van der Waals surface area contributed by atoms with E-state index in [1.807, 2.05) is 18.5 Å². The Balaban J connectivity index is 2.23. The zero-order valence-corrected chi connectivity index (χ0v) is 11.6. The summed E-state index contributed by atoms with van der Waals surface area (Å²) in [4.78, 5) is 0. The van der Waals surface area contributed by atoms with Gasteiger partial charge in [-0.15, -0.1) is 0 Å². The average molecular weight is 257 g/mol. The fraction of sp³-hybridized carbons (Fsp3) is 0.769. The summed E-state index contributed by atoms with van der Waals surface area (Å²) in [7, 11) is 0. The van der Waals surface area contributed by atoms with Crippen molar-refractivity contribution in [2.75, 3.05) is 0 Å². The molecule has 2 unspecified atom stereocenters. The van der Waals surface area contributed by atoms with Crippen molar-refractivity contribution in [3.05, 3.63) is 16.4 Å². The first-order chi connectivity index (χ1) is 7.95. The van der Waals surface area contributed by atoms with E-state index in [2.05, 4.69) is 12.0 Å². The second-order valence-electron chi connectivity index (χ2n) is 5.41. The van der Waals surface area contributed by atoms with Crippen molar-refractivity contribution in [3.63, 3.8) is 0 Å². The second-order valence-corrected chi connectivity index (χ2v) is 5.79. The molecule has 0 saturated heterocycles. The van der Waals surface area contributed by atoms with E-state index in [-0.39, 0.29) is 0 Å². The number of hydrogen-bond acceptors (Lipinski definition) is 2. The lowest BCUT2D eigenvalue weighted by Crippen LogP contribution is -2.29. The highest BCUT2D eigenvalue weighted by Gasteiger charge is 2.37. The van der Waals surface area contributed by atoms with E-state index in [1.165, 1.54) is 0 Å². The van der Waals surface area contributed by atoms with E-state index in [9.17, 15) is 5.11 Å². The molecule has 0 aromatic carbocycles. The molecule has 0 radical (unpaired) electrons. The average Bonchev–Trinajstić information content (AvgIpc) is 2.74. The molecule has 17 heavy (non-hydrogen) atoms. The molecular formula is C13H21ClN2O. The van der Waals surface area contributed by atoms with Gasteiger partial charge in [-0.1, -0.05) is 18.5 Å². The van der Waals surface area contributed by atoms with Crippen LogP contribution in [0.2, 0.25) is 5.02 Å². The van der Waals surface area contributed by atoms with Gasteiger partial charge >= 0.3 is 0 Å². The van der Waals surface area contributed by atoms with Crippen LogP contribution in [0, 0.1) is 12.8 Å². The molecule has 0 bridgehead atoms. The summed E-state index contributed by atoms with van der Waals surface area (Å²) in [5.74, 6) is 0.609. The fourth-order valence-electron chi connectivity index (χ4n) is 2.88. The number of rotatable bonds is 3. The summed E-state index contributed by atoms with van der Waals surface area (Å²) in [5, 5.41) is 15.7. The molecule has 1 aromatic heterocycles. The second kappa shape index (κ2) is 4.62. The highest BCUT2D eigenvalue weighted by Crippen LogP contribution is 2.38. The zero-order chi connectivity index (χ0) is 12.6. The Morgan fingerprint density at radius 3 is 2.82 bits per heavy atom. The third kappa shape index (κ3) is 2.50. The zero-order valence-electron chi connectivity index (χ0n) is 10.8. The number of aryl methyl sites for hydroxylation is 2. The fourth-order valence-corrected chi connectivity index (χ4v) is 3.08. The van der Waals surface area contributed by atoms with Crippen LogP contribution in [0.15, 0.2) is 0 Å². The highest BCUT2D eigenvalue weighted by atomic mass is 35.5. The molecule has 1 N–H and O–H groups in total. The van der Waals surface area contributed by atoms with Gasteiger partial charge in [0.15, 0.2) is 0 Å². The molecule has 1 fully saturated rings. The minimum Gasteiger partial charge on any atom is -0.389 e. The van der Waals surface area contributed by atoms with Crippen LogP contribution >= 0.6 is 11.6 Å². The van der Waals surface area contributed by atoms with Gasteiger partial charge in [-0.25, -0.2) is 0 Å². The van der Waals surface area contributed by atoms with Gasteiger partial charge in [0.25, 0.3) is 0 Å². The van der Waals surface area contributed by atoms with Crippen LogP contribution in [-0.2, 0) is 13.0 Å². The Labute approximate surface area is 108 Å². The molecule has 1 aliphatic rings. The highest BCUT2D eigenvalue weighted by molar-refractivity contribution is 6.31. The molecule has 2 rings (SSSR count). The van der Waals surface area contributed by atoms with Crippen LogP contribution in [0.5, 0.6) is 0 Å². The van der Waals surface area contributed by atoms with Crippen molar-refractivity contribution in [2.45, 2.75) is 58.6 Å². The van der Waals surface area contributed by atoms with E-state index < -0.39 is 5.60 Å². The predicted octanol–water partition coefficient (Wildman–Crippen LogP) is 2.96.